The molecule has 2 aliphatic heterocycles. The maximum atomic E-state index is 12.2. The van der Waals surface area contributed by atoms with E-state index in [0.29, 0.717) is 31.7 Å². The molecule has 130 valence electrons. The van der Waals surface area contributed by atoms with Crippen molar-refractivity contribution in [2.45, 2.75) is 19.4 Å². The molecule has 2 fully saturated rings. The van der Waals surface area contributed by atoms with Crippen molar-refractivity contribution in [2.75, 3.05) is 39.3 Å². The van der Waals surface area contributed by atoms with Gasteiger partial charge in [0.2, 0.25) is 0 Å². The zero-order valence-electron chi connectivity index (χ0n) is 13.9. The van der Waals surface area contributed by atoms with Gasteiger partial charge in [0.1, 0.15) is 11.8 Å². The van der Waals surface area contributed by atoms with E-state index in [2.05, 4.69) is 10.2 Å². The number of hydrogen-bond acceptors (Lipinski definition) is 5. The number of carbonyl (C=O) groups is 3. The van der Waals surface area contributed by atoms with Crippen LogP contribution in [-0.2, 0) is 4.79 Å². The number of nitrogens with one attached hydrogen (secondary N) is 1. The number of imide groups is 1. The molecular weight excluding hydrogens is 312 g/mol. The Morgan fingerprint density at radius 1 is 1.21 bits per heavy atom. The first kappa shape index (κ1) is 16.5. The molecule has 2 aliphatic rings. The fourth-order valence-electron chi connectivity index (χ4n) is 3.01. The van der Waals surface area contributed by atoms with Crippen molar-refractivity contribution >= 4 is 17.8 Å². The van der Waals surface area contributed by atoms with Crippen LogP contribution in [0.4, 0.5) is 4.79 Å². The zero-order valence-corrected chi connectivity index (χ0v) is 13.9. The van der Waals surface area contributed by atoms with Crippen molar-refractivity contribution in [3.63, 3.8) is 0 Å². The summed E-state index contributed by atoms with van der Waals surface area (Å²) in [6, 6.07) is 1.33. The molecule has 3 heterocycles. The molecule has 3 rings (SSSR count). The highest BCUT2D eigenvalue weighted by atomic mass is 16.3. The van der Waals surface area contributed by atoms with Gasteiger partial charge in [0.05, 0.1) is 11.8 Å². The first-order chi connectivity index (χ1) is 11.4. The van der Waals surface area contributed by atoms with Gasteiger partial charge in [-0.05, 0) is 19.9 Å². The van der Waals surface area contributed by atoms with Crippen LogP contribution in [0, 0.1) is 0 Å². The molecule has 1 aromatic rings. The Hall–Kier alpha value is -2.35. The summed E-state index contributed by atoms with van der Waals surface area (Å²) in [4.78, 5) is 41.5. The standard InChI is InChI=1S/C16H22N4O4/c1-16(2)14(22)20(15(23)17-16)9-6-18-4-7-19(8-5-18)13(21)12-3-10-24-11-12/h3,10-11H,4-9H2,1-2H3,(H,17,23). The van der Waals surface area contributed by atoms with E-state index in [9.17, 15) is 14.4 Å². The second kappa shape index (κ2) is 6.27. The third-order valence-corrected chi connectivity index (χ3v) is 4.51. The minimum Gasteiger partial charge on any atom is -0.472 e. The number of amides is 4. The highest BCUT2D eigenvalue weighted by Gasteiger charge is 2.44. The summed E-state index contributed by atoms with van der Waals surface area (Å²) in [7, 11) is 0. The highest BCUT2D eigenvalue weighted by molar-refractivity contribution is 6.06. The predicted molar refractivity (Wildman–Crippen MR) is 85.4 cm³/mol. The van der Waals surface area contributed by atoms with Crippen LogP contribution >= 0.6 is 0 Å². The van der Waals surface area contributed by atoms with Crippen molar-refractivity contribution in [1.82, 2.24) is 20.0 Å². The van der Waals surface area contributed by atoms with E-state index in [1.165, 1.54) is 17.4 Å². The van der Waals surface area contributed by atoms with Gasteiger partial charge in [-0.25, -0.2) is 4.79 Å². The average Bonchev–Trinajstić information content (AvgIpc) is 3.14. The van der Waals surface area contributed by atoms with E-state index < -0.39 is 5.54 Å². The van der Waals surface area contributed by atoms with Gasteiger partial charge < -0.3 is 14.6 Å². The van der Waals surface area contributed by atoms with Gasteiger partial charge in [-0.3, -0.25) is 19.4 Å². The van der Waals surface area contributed by atoms with Crippen LogP contribution in [0.15, 0.2) is 23.0 Å². The Bertz CT molecular complexity index is 633. The van der Waals surface area contributed by atoms with Gasteiger partial charge in [-0.15, -0.1) is 0 Å². The van der Waals surface area contributed by atoms with Crippen LogP contribution in [0.1, 0.15) is 24.2 Å². The summed E-state index contributed by atoms with van der Waals surface area (Å²) in [6.45, 7) is 7.06. The molecule has 1 aromatic heterocycles. The van der Waals surface area contributed by atoms with Crippen molar-refractivity contribution < 1.29 is 18.8 Å². The van der Waals surface area contributed by atoms with E-state index in [-0.39, 0.29) is 17.8 Å². The highest BCUT2D eigenvalue weighted by Crippen LogP contribution is 2.16. The maximum Gasteiger partial charge on any atom is 0.325 e. The summed E-state index contributed by atoms with van der Waals surface area (Å²) < 4.78 is 4.95. The quantitative estimate of drug-likeness (QED) is 0.804. The van der Waals surface area contributed by atoms with Gasteiger partial charge in [0.25, 0.3) is 11.8 Å². The Morgan fingerprint density at radius 3 is 2.46 bits per heavy atom. The summed E-state index contributed by atoms with van der Waals surface area (Å²) in [5.41, 5.74) is -0.266. The van der Waals surface area contributed by atoms with Crippen molar-refractivity contribution in [1.29, 1.82) is 0 Å². The number of piperazine rings is 1. The molecule has 0 aromatic carbocycles. The maximum absolute atomic E-state index is 12.2. The Labute approximate surface area is 140 Å². The normalized spacial score (nSPS) is 21.2. The molecule has 2 saturated heterocycles. The molecule has 0 radical (unpaired) electrons. The predicted octanol–water partition coefficient (Wildman–Crippen LogP) is 0.368. The summed E-state index contributed by atoms with van der Waals surface area (Å²) in [5.74, 6) is -0.222. The first-order valence-corrected chi connectivity index (χ1v) is 8.06. The fourth-order valence-corrected chi connectivity index (χ4v) is 3.01. The van der Waals surface area contributed by atoms with E-state index in [4.69, 9.17) is 4.42 Å². The van der Waals surface area contributed by atoms with Gasteiger partial charge >= 0.3 is 6.03 Å². The Balaban J connectivity index is 1.47. The van der Waals surface area contributed by atoms with Crippen LogP contribution in [0.2, 0.25) is 0 Å². The van der Waals surface area contributed by atoms with Crippen molar-refractivity contribution in [2.24, 2.45) is 0 Å². The molecule has 0 saturated carbocycles. The van der Waals surface area contributed by atoms with E-state index in [1.807, 2.05) is 0 Å². The van der Waals surface area contributed by atoms with Gasteiger partial charge in [-0.1, -0.05) is 0 Å². The number of furan rings is 1. The van der Waals surface area contributed by atoms with E-state index in [1.54, 1.807) is 24.8 Å². The second-order valence-electron chi connectivity index (χ2n) is 6.66. The van der Waals surface area contributed by atoms with Gasteiger partial charge in [0.15, 0.2) is 0 Å². The minimum absolute atomic E-state index is 0.0285. The van der Waals surface area contributed by atoms with Crippen LogP contribution in [-0.4, -0.2) is 77.4 Å². The largest absolute Gasteiger partial charge is 0.472 e. The molecule has 0 unspecified atom stereocenters. The monoisotopic (exact) mass is 334 g/mol. The Morgan fingerprint density at radius 2 is 1.92 bits per heavy atom. The second-order valence-corrected chi connectivity index (χ2v) is 6.66. The third kappa shape index (κ3) is 3.14. The van der Waals surface area contributed by atoms with E-state index >= 15 is 0 Å². The van der Waals surface area contributed by atoms with Gasteiger partial charge in [0, 0.05) is 39.3 Å². The van der Waals surface area contributed by atoms with Crippen LogP contribution in [0.5, 0.6) is 0 Å². The third-order valence-electron chi connectivity index (χ3n) is 4.51. The molecule has 0 atom stereocenters. The molecule has 0 aliphatic carbocycles. The molecule has 24 heavy (non-hydrogen) atoms. The number of rotatable bonds is 4. The lowest BCUT2D eigenvalue weighted by Gasteiger charge is -2.35. The molecule has 8 nitrogen and oxygen atoms in total. The zero-order chi connectivity index (χ0) is 17.3. The molecule has 8 heteroatoms. The summed E-state index contributed by atoms with van der Waals surface area (Å²) in [6.07, 6.45) is 2.94. The lowest BCUT2D eigenvalue weighted by molar-refractivity contribution is -0.130. The molecule has 1 N–H and O–H groups in total. The van der Waals surface area contributed by atoms with Gasteiger partial charge in [-0.2, -0.15) is 0 Å². The lowest BCUT2D eigenvalue weighted by atomic mass is 10.1. The van der Waals surface area contributed by atoms with Crippen LogP contribution < -0.4 is 5.32 Å². The molecule has 0 bridgehead atoms. The molecular formula is C16H22N4O4. The summed E-state index contributed by atoms with van der Waals surface area (Å²) >= 11 is 0. The Kier molecular flexibility index (Phi) is 4.31. The summed E-state index contributed by atoms with van der Waals surface area (Å²) in [5, 5.41) is 2.68. The van der Waals surface area contributed by atoms with Crippen LogP contribution in [0.25, 0.3) is 0 Å². The van der Waals surface area contributed by atoms with Crippen molar-refractivity contribution in [3.8, 4) is 0 Å². The van der Waals surface area contributed by atoms with Crippen molar-refractivity contribution in [3.05, 3.63) is 24.2 Å². The minimum atomic E-state index is -0.827. The smallest absolute Gasteiger partial charge is 0.325 e. The molecule has 0 spiro atoms. The topological polar surface area (TPSA) is 86.1 Å². The fraction of sp³-hybridized carbons (Fsp3) is 0.562. The van der Waals surface area contributed by atoms with E-state index in [0.717, 1.165) is 13.1 Å². The first-order valence-electron chi connectivity index (χ1n) is 8.06. The number of urea groups is 1. The average molecular weight is 334 g/mol. The number of nitrogens with zero attached hydrogens (tertiary/aromatic N) is 3. The SMILES string of the molecule is CC1(C)NC(=O)N(CCN2CCN(C(=O)c3ccoc3)CC2)C1=O. The molecule has 4 amide bonds. The lowest BCUT2D eigenvalue weighted by Crippen LogP contribution is -2.50. The number of carbonyl (C=O) groups excluding carboxylic acids is 3. The van der Waals surface area contributed by atoms with Crippen LogP contribution in [0.3, 0.4) is 0 Å². The number of hydrogen-bond donors (Lipinski definition) is 1.